The van der Waals surface area contributed by atoms with E-state index in [2.05, 4.69) is 31.1 Å². The minimum absolute atomic E-state index is 0.0454. The minimum Gasteiger partial charge on any atom is -0.477 e. The van der Waals surface area contributed by atoms with E-state index in [0.29, 0.717) is 30.7 Å². The molecule has 0 bridgehead atoms. The van der Waals surface area contributed by atoms with Crippen molar-refractivity contribution in [1.82, 2.24) is 4.98 Å². The molecule has 1 aliphatic rings. The lowest BCUT2D eigenvalue weighted by Gasteiger charge is -2.38. The summed E-state index contributed by atoms with van der Waals surface area (Å²) in [5, 5.41) is 3.02. The first-order valence-electron chi connectivity index (χ1n) is 9.55. The zero-order chi connectivity index (χ0) is 18.3. The number of aryl methyl sites for hydroxylation is 1. The molecule has 1 N–H and O–H groups in total. The summed E-state index contributed by atoms with van der Waals surface area (Å²) in [5.74, 6) is 1.08. The van der Waals surface area contributed by atoms with Gasteiger partial charge in [0, 0.05) is 12.2 Å². The second kappa shape index (κ2) is 9.18. The van der Waals surface area contributed by atoms with Gasteiger partial charge < -0.3 is 14.8 Å². The molecular formula is C20H32N2O3. The number of hydrogen-bond donors (Lipinski definition) is 1. The van der Waals surface area contributed by atoms with E-state index >= 15 is 0 Å². The van der Waals surface area contributed by atoms with Crippen LogP contribution in [0.3, 0.4) is 0 Å². The zero-order valence-electron chi connectivity index (χ0n) is 16.1. The van der Waals surface area contributed by atoms with Gasteiger partial charge in [-0.2, -0.15) is 0 Å². The first-order chi connectivity index (χ1) is 12.0. The van der Waals surface area contributed by atoms with Gasteiger partial charge in [-0.05, 0) is 51.0 Å². The lowest BCUT2D eigenvalue weighted by atomic mass is 9.78. The van der Waals surface area contributed by atoms with Crippen molar-refractivity contribution < 1.29 is 14.3 Å². The number of carbonyl (C=O) groups is 1. The van der Waals surface area contributed by atoms with Crippen molar-refractivity contribution in [1.29, 1.82) is 0 Å². The van der Waals surface area contributed by atoms with Crippen molar-refractivity contribution in [2.75, 3.05) is 18.5 Å². The molecule has 0 saturated heterocycles. The molecule has 1 amide bonds. The molecule has 5 heteroatoms. The van der Waals surface area contributed by atoms with Gasteiger partial charge in [-0.1, -0.05) is 27.2 Å². The van der Waals surface area contributed by atoms with Crippen LogP contribution in [0.2, 0.25) is 0 Å². The Balaban J connectivity index is 2.10. The summed E-state index contributed by atoms with van der Waals surface area (Å²) >= 11 is 0. The maximum Gasteiger partial charge on any atom is 0.256 e. The van der Waals surface area contributed by atoms with Crippen LogP contribution in [0.15, 0.2) is 12.3 Å². The Labute approximate surface area is 151 Å². The third-order valence-corrected chi connectivity index (χ3v) is 4.68. The molecule has 0 unspecified atom stereocenters. The first-order valence-corrected chi connectivity index (χ1v) is 9.55. The second-order valence-corrected chi connectivity index (χ2v) is 7.19. The molecule has 1 fully saturated rings. The molecule has 2 atom stereocenters. The third kappa shape index (κ3) is 5.18. The van der Waals surface area contributed by atoms with Crippen molar-refractivity contribution in [3.8, 4) is 5.88 Å². The molecule has 0 spiro atoms. The number of nitrogens with one attached hydrogen (secondary N) is 1. The highest BCUT2D eigenvalue weighted by molar-refractivity contribution is 5.97. The van der Waals surface area contributed by atoms with Gasteiger partial charge in [0.1, 0.15) is 5.60 Å². The van der Waals surface area contributed by atoms with Crippen LogP contribution in [0.1, 0.15) is 64.9 Å². The van der Waals surface area contributed by atoms with E-state index in [-0.39, 0.29) is 5.91 Å². The Morgan fingerprint density at radius 1 is 1.36 bits per heavy atom. The quantitative estimate of drug-likeness (QED) is 0.752. The summed E-state index contributed by atoms with van der Waals surface area (Å²) in [4.78, 5) is 17.4. The molecule has 1 saturated carbocycles. The van der Waals surface area contributed by atoms with Crippen LogP contribution in [0.5, 0.6) is 5.88 Å². The highest BCUT2D eigenvalue weighted by Gasteiger charge is 2.42. The van der Waals surface area contributed by atoms with E-state index in [1.165, 1.54) is 0 Å². The lowest BCUT2D eigenvalue weighted by molar-refractivity contribution is -0.148. The monoisotopic (exact) mass is 348 g/mol. The summed E-state index contributed by atoms with van der Waals surface area (Å²) in [5.41, 5.74) is 0.912. The van der Waals surface area contributed by atoms with Gasteiger partial charge >= 0.3 is 0 Å². The lowest BCUT2D eigenvalue weighted by Crippen LogP contribution is -2.48. The molecule has 0 aliphatic heterocycles. The van der Waals surface area contributed by atoms with Crippen LogP contribution in [0.25, 0.3) is 0 Å². The van der Waals surface area contributed by atoms with Crippen LogP contribution in [0.4, 0.5) is 5.69 Å². The standard InChI is InChI=1S/C20H32N2O3/c1-5-10-24-18-16(4)12-17(14-21-18)22-19(23)20(25-11-6-2)9-7-8-15(3)13-20/h12,14-15H,5-11,13H2,1-4H3,(H,22,23)/t15-,20-/m0/s1. The van der Waals surface area contributed by atoms with Crippen LogP contribution in [-0.2, 0) is 9.53 Å². The highest BCUT2D eigenvalue weighted by Crippen LogP contribution is 2.36. The molecule has 2 rings (SSSR count). The molecular weight excluding hydrogens is 316 g/mol. The fraction of sp³-hybridized carbons (Fsp3) is 0.700. The largest absolute Gasteiger partial charge is 0.477 e. The molecule has 0 radical (unpaired) electrons. The van der Waals surface area contributed by atoms with Gasteiger partial charge in [-0.25, -0.2) is 4.98 Å². The molecule has 0 aromatic carbocycles. The number of carbonyl (C=O) groups excluding carboxylic acids is 1. The molecule has 1 aromatic heterocycles. The smallest absolute Gasteiger partial charge is 0.256 e. The topological polar surface area (TPSA) is 60.5 Å². The number of pyridine rings is 1. The Morgan fingerprint density at radius 2 is 2.12 bits per heavy atom. The number of amides is 1. The van der Waals surface area contributed by atoms with E-state index in [9.17, 15) is 4.79 Å². The maximum atomic E-state index is 13.0. The van der Waals surface area contributed by atoms with Crippen molar-refractivity contribution in [3.63, 3.8) is 0 Å². The molecule has 140 valence electrons. The summed E-state index contributed by atoms with van der Waals surface area (Å²) in [6, 6.07) is 1.91. The summed E-state index contributed by atoms with van der Waals surface area (Å²) < 4.78 is 11.7. The third-order valence-electron chi connectivity index (χ3n) is 4.68. The Bertz CT molecular complexity index is 576. The Morgan fingerprint density at radius 3 is 2.76 bits per heavy atom. The molecule has 1 aliphatic carbocycles. The van der Waals surface area contributed by atoms with Crippen LogP contribution >= 0.6 is 0 Å². The molecule has 1 heterocycles. The number of ether oxygens (including phenoxy) is 2. The summed E-state index contributed by atoms with van der Waals surface area (Å²) in [7, 11) is 0. The second-order valence-electron chi connectivity index (χ2n) is 7.19. The highest BCUT2D eigenvalue weighted by atomic mass is 16.5. The van der Waals surface area contributed by atoms with Gasteiger partial charge in [-0.15, -0.1) is 0 Å². The Kier molecular flexibility index (Phi) is 7.24. The van der Waals surface area contributed by atoms with Gasteiger partial charge in [-0.3, -0.25) is 4.79 Å². The predicted octanol–water partition coefficient (Wildman–Crippen LogP) is 4.49. The van der Waals surface area contributed by atoms with Crippen LogP contribution in [-0.4, -0.2) is 29.7 Å². The van der Waals surface area contributed by atoms with Crippen LogP contribution < -0.4 is 10.1 Å². The van der Waals surface area contributed by atoms with Gasteiger partial charge in [0.25, 0.3) is 5.91 Å². The van der Waals surface area contributed by atoms with Crippen molar-refractivity contribution in [2.24, 2.45) is 5.92 Å². The first kappa shape index (κ1) is 19.7. The number of aromatic nitrogens is 1. The fourth-order valence-electron chi connectivity index (χ4n) is 3.43. The van der Waals surface area contributed by atoms with Gasteiger partial charge in [0.15, 0.2) is 0 Å². The number of rotatable bonds is 8. The average molecular weight is 348 g/mol. The van der Waals surface area contributed by atoms with E-state index in [4.69, 9.17) is 9.47 Å². The zero-order valence-corrected chi connectivity index (χ0v) is 16.1. The number of nitrogens with zero attached hydrogens (tertiary/aromatic N) is 1. The summed E-state index contributed by atoms with van der Waals surface area (Å²) in [6.07, 6.45) is 7.27. The maximum absolute atomic E-state index is 13.0. The average Bonchev–Trinajstić information content (AvgIpc) is 2.59. The predicted molar refractivity (Wildman–Crippen MR) is 100.0 cm³/mol. The van der Waals surface area contributed by atoms with Crippen LogP contribution in [0, 0.1) is 12.8 Å². The number of hydrogen-bond acceptors (Lipinski definition) is 4. The molecule has 5 nitrogen and oxygen atoms in total. The number of anilines is 1. The van der Waals surface area contributed by atoms with Gasteiger partial charge in [0.2, 0.25) is 5.88 Å². The van der Waals surface area contributed by atoms with Crippen molar-refractivity contribution in [2.45, 2.75) is 71.8 Å². The normalized spacial score (nSPS) is 23.3. The fourth-order valence-corrected chi connectivity index (χ4v) is 3.43. The van der Waals surface area contributed by atoms with Gasteiger partial charge in [0.05, 0.1) is 18.5 Å². The van der Waals surface area contributed by atoms with E-state index in [1.807, 2.05) is 13.0 Å². The molecule has 1 aromatic rings. The van der Waals surface area contributed by atoms with Crippen molar-refractivity contribution in [3.05, 3.63) is 17.8 Å². The minimum atomic E-state index is -0.709. The summed E-state index contributed by atoms with van der Waals surface area (Å²) in [6.45, 7) is 9.53. The SMILES string of the molecule is CCCOc1ncc(NC(=O)[C@]2(OCCC)CCC[C@H](C)C2)cc1C. The van der Waals surface area contributed by atoms with E-state index in [1.54, 1.807) is 6.20 Å². The van der Waals surface area contributed by atoms with E-state index < -0.39 is 5.60 Å². The van der Waals surface area contributed by atoms with E-state index in [0.717, 1.165) is 44.1 Å². The molecule has 25 heavy (non-hydrogen) atoms. The Hall–Kier alpha value is -1.62. The van der Waals surface area contributed by atoms with Crippen molar-refractivity contribution >= 4 is 11.6 Å².